The summed E-state index contributed by atoms with van der Waals surface area (Å²) in [5.41, 5.74) is 7.06. The number of hydrogen-bond acceptors (Lipinski definition) is 2. The zero-order valence-corrected chi connectivity index (χ0v) is 31.5. The van der Waals surface area contributed by atoms with Crippen molar-refractivity contribution in [1.82, 2.24) is 4.98 Å². The van der Waals surface area contributed by atoms with E-state index in [-0.39, 0.29) is 0 Å². The molecule has 0 unspecified atom stereocenters. The fraction of sp³-hybridized carbons (Fsp3) is 0.100. The maximum Gasteiger partial charge on any atom is 0.0716 e. The lowest BCUT2D eigenvalue weighted by molar-refractivity contribution is 1.34. The molecule has 256 valence electrons. The molecule has 0 amide bonds. The third-order valence-electron chi connectivity index (χ3n) is 9.02. The zero-order valence-electron chi connectivity index (χ0n) is 30.7. The molecule has 0 aliphatic rings. The summed E-state index contributed by atoms with van der Waals surface area (Å²) in [4.78, 5) is 5.10. The smallest absolute Gasteiger partial charge is 0.0716 e. The minimum absolute atomic E-state index is 1.000. The van der Waals surface area contributed by atoms with Crippen LogP contribution >= 0.6 is 11.3 Å². The van der Waals surface area contributed by atoms with E-state index in [0.717, 1.165) is 11.3 Å². The number of nitrogens with zero attached hydrogens (tertiary/aromatic N) is 1. The standard InChI is InChI=1S/C41H25NS.C4H8.C3H6.C2H6/c1-2-11-26(12-3-1)39-30-15-6-8-17-32(30)40(33-18-9-7-16-31(33)39)29-21-22-37(42-25-29)35-20-10-19-34-36-23-27-13-4-5-14-28(27)24-38(36)43-41(34)35;1-3-4-2;1-3-2;1-2/h1-25H;3-4H,1-2H3;3H,1H2,2H3;1-2H3/b;4-3-;;. The first-order chi connectivity index (χ1) is 25.7. The molecule has 0 aliphatic heterocycles. The van der Waals surface area contributed by atoms with Crippen LogP contribution in [-0.4, -0.2) is 4.98 Å². The van der Waals surface area contributed by atoms with Crippen LogP contribution in [0.3, 0.4) is 0 Å². The quantitative estimate of drug-likeness (QED) is 0.133. The Balaban J connectivity index is 0.000000471. The van der Waals surface area contributed by atoms with E-state index >= 15 is 0 Å². The molecular formula is C50H45NS. The molecule has 2 heteroatoms. The SMILES string of the molecule is C/C=C\C.C=CC.CC.c1ccc(-c2c3ccccc3c(-c3ccc(-c4cccc5c4sc4cc6ccccc6cc45)nc3)c3ccccc23)cc1. The second-order valence-corrected chi connectivity index (χ2v) is 13.2. The predicted octanol–water partition coefficient (Wildman–Crippen LogP) is 15.7. The lowest BCUT2D eigenvalue weighted by Crippen LogP contribution is -1.91. The van der Waals surface area contributed by atoms with Crippen LogP contribution in [0, 0.1) is 0 Å². The van der Waals surface area contributed by atoms with Crippen LogP contribution < -0.4 is 0 Å². The van der Waals surface area contributed by atoms with Crippen LogP contribution in [0.1, 0.15) is 34.6 Å². The molecule has 7 aromatic carbocycles. The van der Waals surface area contributed by atoms with Crippen LogP contribution in [0.2, 0.25) is 0 Å². The summed E-state index contributed by atoms with van der Waals surface area (Å²) in [7, 11) is 0. The summed E-state index contributed by atoms with van der Waals surface area (Å²) in [6, 6.07) is 52.6. The lowest BCUT2D eigenvalue weighted by Gasteiger charge is -2.17. The number of allylic oxidation sites excluding steroid dienone is 3. The Kier molecular flexibility index (Phi) is 11.7. The van der Waals surface area contributed by atoms with Gasteiger partial charge in [0, 0.05) is 37.5 Å². The van der Waals surface area contributed by atoms with Crippen molar-refractivity contribution < 1.29 is 0 Å². The van der Waals surface area contributed by atoms with Gasteiger partial charge in [-0.05, 0) is 88.0 Å². The number of pyridine rings is 1. The summed E-state index contributed by atoms with van der Waals surface area (Å²) >= 11 is 1.86. The number of rotatable bonds is 3. The highest BCUT2D eigenvalue weighted by Gasteiger charge is 2.17. The van der Waals surface area contributed by atoms with Gasteiger partial charge in [-0.15, -0.1) is 17.9 Å². The van der Waals surface area contributed by atoms with E-state index in [1.54, 1.807) is 6.08 Å². The molecule has 1 nitrogen and oxygen atoms in total. The van der Waals surface area contributed by atoms with Crippen molar-refractivity contribution >= 4 is 63.8 Å². The van der Waals surface area contributed by atoms with Crippen molar-refractivity contribution in [2.24, 2.45) is 0 Å². The third-order valence-corrected chi connectivity index (χ3v) is 10.2. The van der Waals surface area contributed by atoms with Crippen LogP contribution in [-0.2, 0) is 0 Å². The normalized spacial score (nSPS) is 10.8. The molecule has 0 radical (unpaired) electrons. The molecule has 0 aliphatic carbocycles. The van der Waals surface area contributed by atoms with Crippen molar-refractivity contribution in [3.8, 4) is 33.5 Å². The molecule has 0 atom stereocenters. The van der Waals surface area contributed by atoms with Crippen molar-refractivity contribution in [3.63, 3.8) is 0 Å². The molecule has 9 aromatic rings. The summed E-state index contributed by atoms with van der Waals surface area (Å²) in [6.07, 6.45) is 7.81. The monoisotopic (exact) mass is 691 g/mol. The Bertz CT molecular complexity index is 2560. The van der Waals surface area contributed by atoms with Gasteiger partial charge in [-0.2, -0.15) is 0 Å². The van der Waals surface area contributed by atoms with Gasteiger partial charge in [0.25, 0.3) is 0 Å². The maximum absolute atomic E-state index is 5.10. The van der Waals surface area contributed by atoms with Crippen LogP contribution in [0.4, 0.5) is 0 Å². The number of thiophene rings is 1. The van der Waals surface area contributed by atoms with Gasteiger partial charge in [-0.25, -0.2) is 0 Å². The second kappa shape index (κ2) is 16.9. The largest absolute Gasteiger partial charge is 0.256 e. The first kappa shape index (κ1) is 36.0. The van der Waals surface area contributed by atoms with E-state index in [1.807, 2.05) is 58.1 Å². The van der Waals surface area contributed by atoms with Crippen molar-refractivity contribution in [2.75, 3.05) is 0 Å². The van der Waals surface area contributed by atoms with Gasteiger partial charge >= 0.3 is 0 Å². The topological polar surface area (TPSA) is 12.9 Å². The fourth-order valence-corrected chi connectivity index (χ4v) is 8.00. The Morgan fingerprint density at radius 2 is 1.00 bits per heavy atom. The minimum Gasteiger partial charge on any atom is -0.256 e. The number of hydrogen-bond donors (Lipinski definition) is 0. The van der Waals surface area contributed by atoms with E-state index in [0.29, 0.717) is 0 Å². The van der Waals surface area contributed by atoms with Crippen LogP contribution in [0.5, 0.6) is 0 Å². The minimum atomic E-state index is 1.000. The summed E-state index contributed by atoms with van der Waals surface area (Å²) in [6.45, 7) is 13.2. The lowest BCUT2D eigenvalue weighted by atomic mass is 9.86. The average molecular weight is 692 g/mol. The van der Waals surface area contributed by atoms with Crippen molar-refractivity contribution in [1.29, 1.82) is 0 Å². The molecule has 0 fully saturated rings. The third kappa shape index (κ3) is 7.04. The molecule has 9 rings (SSSR count). The summed E-state index contributed by atoms with van der Waals surface area (Å²) in [5.74, 6) is 0. The van der Waals surface area contributed by atoms with Crippen molar-refractivity contribution in [3.05, 3.63) is 177 Å². The van der Waals surface area contributed by atoms with E-state index in [4.69, 9.17) is 4.98 Å². The summed E-state index contributed by atoms with van der Waals surface area (Å²) in [5, 5.41) is 10.2. The Morgan fingerprint density at radius 1 is 0.500 bits per heavy atom. The van der Waals surface area contributed by atoms with E-state index in [9.17, 15) is 0 Å². The first-order valence-corrected chi connectivity index (χ1v) is 18.9. The van der Waals surface area contributed by atoms with E-state index < -0.39 is 0 Å². The zero-order chi connectivity index (χ0) is 36.5. The summed E-state index contributed by atoms with van der Waals surface area (Å²) < 4.78 is 2.60. The second-order valence-electron chi connectivity index (χ2n) is 12.2. The highest BCUT2D eigenvalue weighted by molar-refractivity contribution is 7.26. The average Bonchev–Trinajstić information content (AvgIpc) is 3.58. The van der Waals surface area contributed by atoms with Crippen LogP contribution in [0.15, 0.2) is 177 Å². The van der Waals surface area contributed by atoms with Gasteiger partial charge in [-0.3, -0.25) is 4.98 Å². The van der Waals surface area contributed by atoms with Crippen LogP contribution in [0.25, 0.3) is 86.0 Å². The highest BCUT2D eigenvalue weighted by atomic mass is 32.1. The predicted molar refractivity (Wildman–Crippen MR) is 234 cm³/mol. The molecule has 0 saturated heterocycles. The number of benzene rings is 7. The Labute approximate surface area is 312 Å². The first-order valence-electron chi connectivity index (χ1n) is 18.1. The van der Waals surface area contributed by atoms with Gasteiger partial charge < -0.3 is 0 Å². The molecule has 0 N–H and O–H groups in total. The molecule has 2 heterocycles. The Morgan fingerprint density at radius 3 is 1.54 bits per heavy atom. The molecule has 2 aromatic heterocycles. The van der Waals surface area contributed by atoms with E-state index in [1.165, 1.54) is 74.7 Å². The number of fused-ring (bicyclic) bond motifs is 6. The molecule has 0 saturated carbocycles. The molecular weight excluding hydrogens is 647 g/mol. The van der Waals surface area contributed by atoms with Gasteiger partial charge in [0.2, 0.25) is 0 Å². The van der Waals surface area contributed by atoms with Gasteiger partial charge in [0.1, 0.15) is 0 Å². The molecule has 0 bridgehead atoms. The van der Waals surface area contributed by atoms with E-state index in [2.05, 4.69) is 158 Å². The fourth-order valence-electron chi connectivity index (χ4n) is 6.74. The highest BCUT2D eigenvalue weighted by Crippen LogP contribution is 2.44. The maximum atomic E-state index is 5.10. The Hall–Kier alpha value is -5.83. The molecule has 52 heavy (non-hydrogen) atoms. The van der Waals surface area contributed by atoms with Gasteiger partial charge in [0.15, 0.2) is 0 Å². The van der Waals surface area contributed by atoms with Gasteiger partial charge in [-0.1, -0.05) is 159 Å². The van der Waals surface area contributed by atoms with Gasteiger partial charge in [0.05, 0.1) is 5.69 Å². The number of aromatic nitrogens is 1. The van der Waals surface area contributed by atoms with Crippen molar-refractivity contribution in [2.45, 2.75) is 34.6 Å². The molecule has 0 spiro atoms.